The number of carboxylic acids is 4. The van der Waals surface area contributed by atoms with E-state index < -0.39 is 42.4 Å². The van der Waals surface area contributed by atoms with Gasteiger partial charge in [0.2, 0.25) is 0 Å². The summed E-state index contributed by atoms with van der Waals surface area (Å²) in [5.74, 6) is -9.22. The molecule has 5 N–H and O–H groups in total. The first kappa shape index (κ1) is 38.8. The van der Waals surface area contributed by atoms with Gasteiger partial charge in [-0.05, 0) is 26.0 Å². The Morgan fingerprint density at radius 2 is 1.21 bits per heavy atom. The molecule has 0 fully saturated rings. The summed E-state index contributed by atoms with van der Waals surface area (Å²) in [5.41, 5.74) is 1.96. The largest absolute Gasteiger partial charge is 0.490 e. The molecule has 20 heteroatoms. The zero-order valence-electron chi connectivity index (χ0n) is 19.1. The number of pyridine rings is 1. The van der Waals surface area contributed by atoms with Gasteiger partial charge in [-0.25, -0.2) is 19.2 Å². The van der Waals surface area contributed by atoms with Gasteiger partial charge in [0, 0.05) is 18.3 Å². The molecule has 0 saturated heterocycles. The summed E-state index contributed by atoms with van der Waals surface area (Å²) in [6.07, 6.45) is -15.3. The number of aryl methyl sites for hydroxylation is 1. The second kappa shape index (κ2) is 17.7. The molecule has 1 rings (SSSR count). The second-order valence-electron chi connectivity index (χ2n) is 6.23. The number of aromatic nitrogens is 1. The quantitative estimate of drug-likeness (QED) is 0.236. The molecule has 1 aromatic rings. The Morgan fingerprint density at radius 1 is 0.842 bits per heavy atom. The molecule has 0 radical (unpaired) electrons. The molecule has 0 bridgehead atoms. The Hall–Kier alpha value is -3.68. The number of alkyl halides is 9. The third kappa shape index (κ3) is 24.0. The van der Waals surface area contributed by atoms with Gasteiger partial charge in [-0.15, -0.1) is 0 Å². The minimum absolute atomic E-state index is 0.128. The van der Waals surface area contributed by atoms with E-state index in [2.05, 4.69) is 10.3 Å². The summed E-state index contributed by atoms with van der Waals surface area (Å²) in [7, 11) is 0. The molecule has 0 aliphatic rings. The van der Waals surface area contributed by atoms with Crippen LogP contribution in [0.1, 0.15) is 24.4 Å². The number of ether oxygens (including phenoxy) is 1. The molecule has 38 heavy (non-hydrogen) atoms. The number of nitrogens with one attached hydrogen (secondary N) is 1. The number of carbonyl (C=O) groups is 4. The molecule has 0 aromatic carbocycles. The number of nitrogens with zero attached hydrogens (tertiary/aromatic N) is 1. The highest BCUT2D eigenvalue weighted by molar-refractivity contribution is 5.73. The summed E-state index contributed by atoms with van der Waals surface area (Å²) >= 11 is 0. The maximum atomic E-state index is 10.6. The van der Waals surface area contributed by atoms with Crippen molar-refractivity contribution in [1.82, 2.24) is 10.3 Å². The lowest BCUT2D eigenvalue weighted by molar-refractivity contribution is -0.193. The van der Waals surface area contributed by atoms with E-state index in [1.165, 1.54) is 0 Å². The fraction of sp³-hybridized carbons (Fsp3) is 0.500. The van der Waals surface area contributed by atoms with E-state index in [4.69, 9.17) is 39.5 Å². The number of hydrogen-bond acceptors (Lipinski definition) is 7. The fourth-order valence-electron chi connectivity index (χ4n) is 1.42. The Balaban J connectivity index is -0.000000487. The fourth-order valence-corrected chi connectivity index (χ4v) is 1.42. The minimum Gasteiger partial charge on any atom is -0.480 e. The van der Waals surface area contributed by atoms with Gasteiger partial charge in [0.05, 0.1) is 12.3 Å². The van der Waals surface area contributed by atoms with Crippen molar-refractivity contribution in [3.8, 4) is 0 Å². The lowest BCUT2D eigenvalue weighted by Gasteiger charge is -2.13. The van der Waals surface area contributed by atoms with Gasteiger partial charge >= 0.3 is 42.4 Å². The summed E-state index contributed by atoms with van der Waals surface area (Å²) in [4.78, 5) is 41.3. The number of halogens is 9. The van der Waals surface area contributed by atoms with Gasteiger partial charge in [0.1, 0.15) is 6.61 Å². The SMILES string of the molecule is Cc1cccc(C(C)NCCOCC(=O)O)n1.O=C(O)C(F)(F)F.O=C(O)C(F)(F)F.O=C(O)C(F)(F)F. The Morgan fingerprint density at radius 3 is 1.50 bits per heavy atom. The molecule has 0 saturated carbocycles. The van der Waals surface area contributed by atoms with Crippen molar-refractivity contribution in [2.75, 3.05) is 19.8 Å². The van der Waals surface area contributed by atoms with Gasteiger partial charge in [0.15, 0.2) is 0 Å². The standard InChI is InChI=1S/C12H18N2O3.3C2HF3O2/c1-9-4-3-5-11(14-9)10(2)13-6-7-17-8-12(15)16;3*3-2(4,5)1(6)7/h3-5,10,13H,6-8H2,1-2H3,(H,15,16);3*(H,6,7). The van der Waals surface area contributed by atoms with Crippen molar-refractivity contribution in [2.24, 2.45) is 0 Å². The maximum Gasteiger partial charge on any atom is 0.490 e. The molecule has 0 aliphatic carbocycles. The van der Waals surface area contributed by atoms with Crippen molar-refractivity contribution >= 4 is 23.9 Å². The topological polar surface area (TPSA) is 183 Å². The van der Waals surface area contributed by atoms with E-state index in [1.807, 2.05) is 32.0 Å². The molecule has 1 atom stereocenters. The van der Waals surface area contributed by atoms with Crippen molar-refractivity contribution in [3.63, 3.8) is 0 Å². The summed E-state index contributed by atoms with van der Waals surface area (Å²) < 4.78 is 100. The molecular formula is C18H21F9N2O9. The first-order valence-electron chi connectivity index (χ1n) is 9.29. The monoisotopic (exact) mass is 580 g/mol. The van der Waals surface area contributed by atoms with Crippen LogP contribution in [0.25, 0.3) is 0 Å². The predicted molar refractivity (Wildman–Crippen MR) is 105 cm³/mol. The Bertz CT molecular complexity index is 832. The van der Waals surface area contributed by atoms with Crippen molar-refractivity contribution in [1.29, 1.82) is 0 Å². The van der Waals surface area contributed by atoms with E-state index >= 15 is 0 Å². The minimum atomic E-state index is -5.08. The van der Waals surface area contributed by atoms with E-state index in [-0.39, 0.29) is 12.6 Å². The molecule has 0 spiro atoms. The van der Waals surface area contributed by atoms with Gasteiger partial charge in [-0.2, -0.15) is 39.5 Å². The third-order valence-corrected chi connectivity index (χ3v) is 3.00. The summed E-state index contributed by atoms with van der Waals surface area (Å²) in [6.45, 7) is 4.69. The van der Waals surface area contributed by atoms with E-state index in [0.717, 1.165) is 11.4 Å². The molecule has 1 aromatic heterocycles. The first-order valence-corrected chi connectivity index (χ1v) is 9.29. The highest BCUT2D eigenvalue weighted by atomic mass is 19.4. The number of hydrogen-bond donors (Lipinski definition) is 5. The van der Waals surface area contributed by atoms with E-state index in [0.29, 0.717) is 13.2 Å². The molecule has 0 aliphatic heterocycles. The van der Waals surface area contributed by atoms with Crippen LogP contribution in [0.2, 0.25) is 0 Å². The Kier molecular flexibility index (Phi) is 18.1. The lowest BCUT2D eigenvalue weighted by Crippen LogP contribution is -2.25. The number of carboxylic acid groups (broad SMARTS) is 4. The van der Waals surface area contributed by atoms with Crippen LogP contribution >= 0.6 is 0 Å². The van der Waals surface area contributed by atoms with Gasteiger partial charge in [0.25, 0.3) is 0 Å². The van der Waals surface area contributed by atoms with Crippen LogP contribution in [0.4, 0.5) is 39.5 Å². The second-order valence-corrected chi connectivity index (χ2v) is 6.23. The van der Waals surface area contributed by atoms with Gasteiger partial charge in [-0.1, -0.05) is 6.07 Å². The molecule has 0 amide bonds. The lowest BCUT2D eigenvalue weighted by atomic mass is 10.2. The molecule has 1 heterocycles. The smallest absolute Gasteiger partial charge is 0.480 e. The highest BCUT2D eigenvalue weighted by Gasteiger charge is 2.39. The van der Waals surface area contributed by atoms with Crippen LogP contribution in [0.15, 0.2) is 18.2 Å². The van der Waals surface area contributed by atoms with Crippen molar-refractivity contribution in [3.05, 3.63) is 29.6 Å². The average Bonchev–Trinajstić information content (AvgIpc) is 2.72. The zero-order chi connectivity index (χ0) is 30.9. The van der Waals surface area contributed by atoms with Gasteiger partial charge < -0.3 is 30.5 Å². The first-order chi connectivity index (χ1) is 16.9. The molecular weight excluding hydrogens is 559 g/mol. The summed E-state index contributed by atoms with van der Waals surface area (Å²) in [6, 6.07) is 6.01. The van der Waals surface area contributed by atoms with Crippen LogP contribution in [-0.4, -0.2) is 87.6 Å². The predicted octanol–water partition coefficient (Wildman–Crippen LogP) is 3.04. The third-order valence-electron chi connectivity index (χ3n) is 3.00. The van der Waals surface area contributed by atoms with Gasteiger partial charge in [-0.3, -0.25) is 4.98 Å². The average molecular weight is 580 g/mol. The van der Waals surface area contributed by atoms with E-state index in [9.17, 15) is 44.3 Å². The molecule has 220 valence electrons. The van der Waals surface area contributed by atoms with Crippen molar-refractivity contribution in [2.45, 2.75) is 38.4 Å². The maximum absolute atomic E-state index is 10.6. The van der Waals surface area contributed by atoms with Crippen LogP contribution < -0.4 is 5.32 Å². The zero-order valence-corrected chi connectivity index (χ0v) is 19.1. The Labute approximate surface area is 206 Å². The highest BCUT2D eigenvalue weighted by Crippen LogP contribution is 2.14. The van der Waals surface area contributed by atoms with Crippen LogP contribution in [0.5, 0.6) is 0 Å². The van der Waals surface area contributed by atoms with Crippen LogP contribution in [-0.2, 0) is 23.9 Å². The number of rotatable bonds is 7. The van der Waals surface area contributed by atoms with E-state index in [1.54, 1.807) is 0 Å². The van der Waals surface area contributed by atoms with Crippen LogP contribution in [0, 0.1) is 6.92 Å². The molecule has 1 unspecified atom stereocenters. The van der Waals surface area contributed by atoms with Crippen LogP contribution in [0.3, 0.4) is 0 Å². The van der Waals surface area contributed by atoms with Crippen molar-refractivity contribution < 1.29 is 83.9 Å². The normalized spacial score (nSPS) is 11.8. The molecule has 11 nitrogen and oxygen atoms in total. The number of aliphatic carboxylic acids is 4. The summed E-state index contributed by atoms with van der Waals surface area (Å²) in [5, 5.41) is 33.0.